The van der Waals surface area contributed by atoms with Crippen molar-refractivity contribution in [2.75, 3.05) is 14.2 Å². The van der Waals surface area contributed by atoms with Gasteiger partial charge in [-0.2, -0.15) is 0 Å². The highest BCUT2D eigenvalue weighted by molar-refractivity contribution is 8.13. The van der Waals surface area contributed by atoms with E-state index in [1.165, 1.54) is 26.4 Å². The normalized spacial score (nSPS) is 11.5. The summed E-state index contributed by atoms with van der Waals surface area (Å²) in [7, 11) is -1.44. The first-order valence-corrected chi connectivity index (χ1v) is 13.4. The predicted molar refractivity (Wildman–Crippen MR) is 126 cm³/mol. The van der Waals surface area contributed by atoms with Crippen LogP contribution in [0.25, 0.3) is 21.8 Å². The standard InChI is InChI=1S/C22H16ClNO6S.FHO3S/c1-28-17-11-12-18(31(23,26)27)21(29-2)20(17)30-22(25)19-13-7-3-5-9-15(13)24-16-10-6-4-8-14(16)19;1-5(2,3)4/h3-12H,1-2H3;(H,2,3,4). The van der Waals surface area contributed by atoms with Crippen molar-refractivity contribution in [2.24, 2.45) is 0 Å². The number of carbonyl (C=O) groups is 1. The van der Waals surface area contributed by atoms with Crippen LogP contribution in [0.3, 0.4) is 0 Å². The number of carbonyl (C=O) groups excluding carboxylic acids is 1. The van der Waals surface area contributed by atoms with Crippen LogP contribution in [-0.2, 0) is 19.6 Å². The average Bonchev–Trinajstić information content (AvgIpc) is 2.80. The zero-order chi connectivity index (χ0) is 26.7. The van der Waals surface area contributed by atoms with Crippen molar-refractivity contribution in [3.63, 3.8) is 0 Å². The topological polar surface area (TPSA) is 150 Å². The number of nitrogens with one attached hydrogen (secondary N) is 1. The van der Waals surface area contributed by atoms with Gasteiger partial charge in [0.25, 0.3) is 19.6 Å². The van der Waals surface area contributed by atoms with Crippen molar-refractivity contribution in [1.29, 1.82) is 0 Å². The molecule has 10 nitrogen and oxygen atoms in total. The molecule has 0 aliphatic rings. The van der Waals surface area contributed by atoms with E-state index in [4.69, 9.17) is 37.9 Å². The Hall–Kier alpha value is -3.52. The Morgan fingerprint density at radius 2 is 1.36 bits per heavy atom. The number of methoxy groups -OCH3 is 2. The van der Waals surface area contributed by atoms with E-state index in [2.05, 4.69) is 4.98 Å². The number of aromatic nitrogens is 1. The molecule has 4 rings (SSSR count). The first-order valence-electron chi connectivity index (χ1n) is 9.75. The van der Waals surface area contributed by atoms with E-state index in [1.807, 2.05) is 36.4 Å². The minimum absolute atomic E-state index is 0.116. The molecule has 0 saturated carbocycles. The summed E-state index contributed by atoms with van der Waals surface area (Å²) in [5, 5.41) is 1.29. The predicted octanol–water partition coefficient (Wildman–Crippen LogP) is 3.39. The van der Waals surface area contributed by atoms with Crippen LogP contribution in [0.1, 0.15) is 10.4 Å². The number of fused-ring (bicyclic) bond motifs is 2. The average molecular weight is 558 g/mol. The number of halogens is 2. The molecule has 14 heteroatoms. The molecule has 0 bridgehead atoms. The summed E-state index contributed by atoms with van der Waals surface area (Å²) in [4.78, 5) is 16.4. The Morgan fingerprint density at radius 3 is 1.81 bits per heavy atom. The zero-order valence-electron chi connectivity index (χ0n) is 18.5. The summed E-state index contributed by atoms with van der Waals surface area (Å²) < 4.78 is 75.4. The van der Waals surface area contributed by atoms with Crippen LogP contribution in [0.4, 0.5) is 3.89 Å². The van der Waals surface area contributed by atoms with E-state index in [-0.39, 0.29) is 22.1 Å². The first kappa shape index (κ1) is 27.1. The molecular formula is C22H17ClFNO9S2. The van der Waals surface area contributed by atoms with Gasteiger partial charge in [0.05, 0.1) is 30.6 Å². The number of hydrogen-bond acceptors (Lipinski definition) is 9. The lowest BCUT2D eigenvalue weighted by Gasteiger charge is -2.16. The molecule has 0 spiro atoms. The molecule has 0 amide bonds. The number of pyridine rings is 1. The van der Waals surface area contributed by atoms with E-state index in [0.717, 1.165) is 11.0 Å². The molecule has 190 valence electrons. The second-order valence-corrected chi connectivity index (χ2v) is 10.3. The Bertz CT molecular complexity index is 1610. The molecule has 4 aromatic rings. The van der Waals surface area contributed by atoms with E-state index in [1.54, 1.807) is 12.1 Å². The maximum atomic E-state index is 13.4. The maximum Gasteiger partial charge on any atom is 0.345 e. The SMILES string of the molecule is COc1ccc(S(=O)(=O)Cl)c(OC)c1OC(=O)c1c2ccccc2[nH+]c2ccccc12.O=S(=O)([O-])F. The van der Waals surface area contributed by atoms with E-state index >= 15 is 0 Å². The summed E-state index contributed by atoms with van der Waals surface area (Å²) in [5.74, 6) is -0.996. The van der Waals surface area contributed by atoms with Gasteiger partial charge in [-0.3, -0.25) is 0 Å². The molecule has 0 aliphatic carbocycles. The lowest BCUT2D eigenvalue weighted by atomic mass is 10.0. The summed E-state index contributed by atoms with van der Waals surface area (Å²) >= 11 is 0. The number of H-pyrrole nitrogens is 1. The largest absolute Gasteiger partial charge is 0.722 e. The van der Waals surface area contributed by atoms with Crippen LogP contribution in [0.15, 0.2) is 65.6 Å². The molecule has 0 saturated heterocycles. The van der Waals surface area contributed by atoms with Crippen LogP contribution in [-0.4, -0.2) is 41.6 Å². The van der Waals surface area contributed by atoms with Crippen molar-refractivity contribution < 1.29 is 49.3 Å². The van der Waals surface area contributed by atoms with Gasteiger partial charge in [-0.15, -0.1) is 3.89 Å². The fraction of sp³-hybridized carbons (Fsp3) is 0.0909. The smallest absolute Gasteiger partial charge is 0.345 e. The summed E-state index contributed by atoms with van der Waals surface area (Å²) in [6.07, 6.45) is 0. The number of ether oxygens (including phenoxy) is 3. The highest BCUT2D eigenvalue weighted by Gasteiger charge is 2.28. The number of para-hydroxylation sites is 2. The Labute approximate surface area is 209 Å². The summed E-state index contributed by atoms with van der Waals surface area (Å²) in [5.41, 5.74) is 1.79. The molecule has 3 aromatic carbocycles. The summed E-state index contributed by atoms with van der Waals surface area (Å²) in [6, 6.07) is 17.2. The molecule has 36 heavy (non-hydrogen) atoms. The molecule has 0 atom stereocenters. The number of benzene rings is 3. The molecule has 1 heterocycles. The monoisotopic (exact) mass is 557 g/mol. The van der Waals surface area contributed by atoms with E-state index < -0.39 is 25.5 Å². The molecule has 0 radical (unpaired) electrons. The number of rotatable bonds is 5. The van der Waals surface area contributed by atoms with Crippen molar-refractivity contribution in [3.05, 3.63) is 66.2 Å². The molecule has 1 aromatic heterocycles. The van der Waals surface area contributed by atoms with Crippen LogP contribution in [0.5, 0.6) is 17.2 Å². The first-order chi connectivity index (χ1) is 16.8. The second kappa shape index (κ2) is 10.6. The third-order valence-corrected chi connectivity index (χ3v) is 6.13. The van der Waals surface area contributed by atoms with Crippen LogP contribution < -0.4 is 19.2 Å². The maximum absolute atomic E-state index is 13.4. The van der Waals surface area contributed by atoms with Gasteiger partial charge in [-0.1, -0.05) is 24.3 Å². The third kappa shape index (κ3) is 6.18. The van der Waals surface area contributed by atoms with Crippen molar-refractivity contribution in [3.8, 4) is 17.2 Å². The van der Waals surface area contributed by atoms with Crippen molar-refractivity contribution >= 4 is 58.0 Å². The summed E-state index contributed by atoms with van der Waals surface area (Å²) in [6.45, 7) is 0. The number of hydrogen-bond donors (Lipinski definition) is 0. The third-order valence-electron chi connectivity index (χ3n) is 4.79. The van der Waals surface area contributed by atoms with Crippen molar-refractivity contribution in [1.82, 2.24) is 0 Å². The highest BCUT2D eigenvalue weighted by atomic mass is 35.7. The van der Waals surface area contributed by atoms with Gasteiger partial charge >= 0.3 is 5.97 Å². The molecule has 0 fully saturated rings. The lowest BCUT2D eigenvalue weighted by Crippen LogP contribution is -2.16. The van der Waals surface area contributed by atoms with Crippen molar-refractivity contribution in [2.45, 2.75) is 4.90 Å². The Kier molecular flexibility index (Phi) is 7.99. The van der Waals surface area contributed by atoms with E-state index in [9.17, 15) is 17.1 Å². The van der Waals surface area contributed by atoms with Gasteiger partial charge in [0, 0.05) is 22.8 Å². The van der Waals surface area contributed by atoms with E-state index in [0.29, 0.717) is 16.3 Å². The van der Waals surface area contributed by atoms with Gasteiger partial charge in [-0.05, 0) is 24.3 Å². The quantitative estimate of drug-likeness (QED) is 0.118. The molecule has 0 unspecified atom stereocenters. The molecule has 0 aliphatic heterocycles. The molecule has 1 N–H and O–H groups in total. The van der Waals surface area contributed by atoms with Gasteiger partial charge in [0.2, 0.25) is 16.8 Å². The van der Waals surface area contributed by atoms with Gasteiger partial charge in [0.15, 0.2) is 11.5 Å². The minimum atomic E-state index is -5.42. The van der Waals surface area contributed by atoms with Crippen LogP contribution in [0, 0.1) is 0 Å². The van der Waals surface area contributed by atoms with Gasteiger partial charge in [-0.25, -0.2) is 26.6 Å². The van der Waals surface area contributed by atoms with Crippen LogP contribution in [0.2, 0.25) is 0 Å². The second-order valence-electron chi connectivity index (χ2n) is 6.94. The Balaban J connectivity index is 0.000000658. The molecular weight excluding hydrogens is 541 g/mol. The fourth-order valence-electron chi connectivity index (χ4n) is 3.44. The zero-order valence-corrected chi connectivity index (χ0v) is 20.9. The minimum Gasteiger partial charge on any atom is -0.722 e. The van der Waals surface area contributed by atoms with Gasteiger partial charge < -0.3 is 18.8 Å². The van der Waals surface area contributed by atoms with Crippen LogP contribution >= 0.6 is 10.7 Å². The highest BCUT2D eigenvalue weighted by Crippen LogP contribution is 2.43. The number of esters is 1. The fourth-order valence-corrected chi connectivity index (χ4v) is 4.44. The number of aromatic amines is 1. The Morgan fingerprint density at radius 1 is 0.861 bits per heavy atom. The van der Waals surface area contributed by atoms with Gasteiger partial charge in [0.1, 0.15) is 4.90 Å². The lowest BCUT2D eigenvalue weighted by molar-refractivity contribution is -0.310.